The molecule has 0 bridgehead atoms. The van der Waals surface area contributed by atoms with Crippen LogP contribution in [0.15, 0.2) is 103 Å². The van der Waals surface area contributed by atoms with Gasteiger partial charge in [0.25, 0.3) is 5.91 Å². The lowest BCUT2D eigenvalue weighted by atomic mass is 10.1. The highest BCUT2D eigenvalue weighted by atomic mass is 79.9. The number of ether oxygens (including phenoxy) is 2. The second-order valence-electron chi connectivity index (χ2n) is 8.70. The number of amidine groups is 1. The number of halogens is 3. The molecule has 0 N–H and O–H groups in total. The molecule has 1 aliphatic heterocycles. The predicted octanol–water partition coefficient (Wildman–Crippen LogP) is 8.44. The molecule has 0 unspecified atom stereocenters. The molecule has 7 nitrogen and oxygen atoms in total. The summed E-state index contributed by atoms with van der Waals surface area (Å²) < 4.78 is 17.9. The number of nitrogens with zero attached hydrogens (tertiary/aromatic N) is 3. The third-order valence-corrected chi connectivity index (χ3v) is 7.94. The van der Waals surface area contributed by atoms with Gasteiger partial charge in [-0.3, -0.25) is 9.69 Å². The van der Waals surface area contributed by atoms with Crippen molar-refractivity contribution >= 4 is 74.3 Å². The van der Waals surface area contributed by atoms with Crippen LogP contribution in [0.1, 0.15) is 22.5 Å². The molecule has 208 valence electrons. The summed E-state index contributed by atoms with van der Waals surface area (Å²) in [5.74, 6) is 1.47. The number of hydrogen-bond donors (Lipinski definition) is 0. The van der Waals surface area contributed by atoms with Gasteiger partial charge in [-0.2, -0.15) is 5.10 Å². The Hall–Kier alpha value is -3.50. The predicted molar refractivity (Wildman–Crippen MR) is 168 cm³/mol. The SMILES string of the molecule is COc1cc(/C=C2\S/C(=N/N=C\c3cccc(Br)c3)N(Cc3ccco3)C2=O)ccc1OCc1ccc(Cl)cc1Cl. The van der Waals surface area contributed by atoms with Crippen molar-refractivity contribution in [2.45, 2.75) is 13.2 Å². The van der Waals surface area contributed by atoms with Gasteiger partial charge in [-0.25, -0.2) is 0 Å². The van der Waals surface area contributed by atoms with Gasteiger partial charge in [0, 0.05) is 20.1 Å². The lowest BCUT2D eigenvalue weighted by Crippen LogP contribution is -2.28. The molecular formula is C30H22BrCl2N3O4S. The van der Waals surface area contributed by atoms with Gasteiger partial charge >= 0.3 is 0 Å². The fraction of sp³-hybridized carbons (Fsp3) is 0.100. The van der Waals surface area contributed by atoms with E-state index >= 15 is 0 Å². The lowest BCUT2D eigenvalue weighted by Gasteiger charge is -2.13. The number of thioether (sulfide) groups is 1. The van der Waals surface area contributed by atoms with Crippen LogP contribution >= 0.6 is 50.9 Å². The van der Waals surface area contributed by atoms with Crippen molar-refractivity contribution in [1.29, 1.82) is 0 Å². The summed E-state index contributed by atoms with van der Waals surface area (Å²) in [4.78, 5) is 15.5. The summed E-state index contributed by atoms with van der Waals surface area (Å²) in [5, 5.41) is 10.1. The molecule has 2 heterocycles. The van der Waals surface area contributed by atoms with E-state index in [4.69, 9.17) is 37.1 Å². The molecular weight excluding hydrogens is 649 g/mol. The quantitative estimate of drug-likeness (QED) is 0.101. The fourth-order valence-electron chi connectivity index (χ4n) is 3.85. The Labute approximate surface area is 259 Å². The minimum Gasteiger partial charge on any atom is -0.493 e. The first-order chi connectivity index (χ1) is 19.9. The maximum absolute atomic E-state index is 13.4. The largest absolute Gasteiger partial charge is 0.493 e. The minimum absolute atomic E-state index is 0.209. The van der Waals surface area contributed by atoms with Crippen LogP contribution in [-0.4, -0.2) is 29.3 Å². The molecule has 1 aromatic heterocycles. The van der Waals surface area contributed by atoms with Crippen molar-refractivity contribution in [3.63, 3.8) is 0 Å². The van der Waals surface area contributed by atoms with Crippen molar-refractivity contribution < 1.29 is 18.7 Å². The molecule has 0 spiro atoms. The number of rotatable bonds is 9. The summed E-state index contributed by atoms with van der Waals surface area (Å²) in [6, 6.07) is 21.9. The van der Waals surface area contributed by atoms with Gasteiger partial charge in [-0.15, -0.1) is 5.10 Å². The summed E-state index contributed by atoms with van der Waals surface area (Å²) in [5.41, 5.74) is 2.42. The monoisotopic (exact) mass is 669 g/mol. The first-order valence-corrected chi connectivity index (χ1v) is 14.6. The Morgan fingerprint density at radius 3 is 2.66 bits per heavy atom. The maximum Gasteiger partial charge on any atom is 0.267 e. The molecule has 41 heavy (non-hydrogen) atoms. The van der Waals surface area contributed by atoms with Gasteiger partial charge in [0.15, 0.2) is 16.7 Å². The molecule has 0 aliphatic carbocycles. The normalized spacial score (nSPS) is 15.4. The van der Waals surface area contributed by atoms with Crippen LogP contribution in [0.4, 0.5) is 0 Å². The molecule has 1 saturated heterocycles. The smallest absolute Gasteiger partial charge is 0.267 e. The van der Waals surface area contributed by atoms with Gasteiger partial charge in [-0.05, 0) is 77.5 Å². The Kier molecular flexibility index (Phi) is 9.51. The first kappa shape index (κ1) is 29.0. The number of methoxy groups -OCH3 is 1. The summed E-state index contributed by atoms with van der Waals surface area (Å²) in [6.07, 6.45) is 4.99. The van der Waals surface area contributed by atoms with E-state index in [1.807, 2.05) is 42.5 Å². The number of benzene rings is 3. The van der Waals surface area contributed by atoms with Gasteiger partial charge in [0.2, 0.25) is 0 Å². The Morgan fingerprint density at radius 1 is 1.02 bits per heavy atom. The molecule has 3 aromatic carbocycles. The average molecular weight is 671 g/mol. The van der Waals surface area contributed by atoms with Crippen molar-refractivity contribution in [2.24, 2.45) is 10.2 Å². The molecule has 1 fully saturated rings. The Balaban J connectivity index is 1.37. The van der Waals surface area contributed by atoms with Gasteiger partial charge in [-0.1, -0.05) is 63.4 Å². The number of carbonyl (C=O) groups is 1. The molecule has 0 atom stereocenters. The van der Waals surface area contributed by atoms with E-state index in [1.165, 1.54) is 16.7 Å². The third-order valence-electron chi connectivity index (χ3n) is 5.86. The third kappa shape index (κ3) is 7.42. The van der Waals surface area contributed by atoms with E-state index < -0.39 is 0 Å². The highest BCUT2D eigenvalue weighted by Gasteiger charge is 2.34. The zero-order valence-corrected chi connectivity index (χ0v) is 25.5. The number of furan rings is 1. The highest BCUT2D eigenvalue weighted by molar-refractivity contribution is 9.10. The topological polar surface area (TPSA) is 76.6 Å². The van der Waals surface area contributed by atoms with Crippen molar-refractivity contribution in [3.05, 3.63) is 121 Å². The molecule has 0 radical (unpaired) electrons. The van der Waals surface area contributed by atoms with Gasteiger partial charge < -0.3 is 13.9 Å². The van der Waals surface area contributed by atoms with E-state index in [0.717, 1.165) is 21.2 Å². The zero-order valence-electron chi connectivity index (χ0n) is 21.6. The van der Waals surface area contributed by atoms with Gasteiger partial charge in [0.05, 0.1) is 31.0 Å². The van der Waals surface area contributed by atoms with Crippen molar-refractivity contribution in [2.75, 3.05) is 7.11 Å². The van der Waals surface area contributed by atoms with Crippen LogP contribution in [0.25, 0.3) is 6.08 Å². The Bertz CT molecular complexity index is 1660. The van der Waals surface area contributed by atoms with Crippen LogP contribution < -0.4 is 9.47 Å². The van der Waals surface area contributed by atoms with Crippen molar-refractivity contribution in [3.8, 4) is 11.5 Å². The minimum atomic E-state index is -0.209. The molecule has 1 amide bonds. The summed E-state index contributed by atoms with van der Waals surface area (Å²) in [6.45, 7) is 0.466. The van der Waals surface area contributed by atoms with E-state index in [0.29, 0.717) is 37.4 Å². The highest BCUT2D eigenvalue weighted by Crippen LogP contribution is 2.36. The average Bonchev–Trinajstić information content (AvgIpc) is 3.57. The number of amides is 1. The Morgan fingerprint density at radius 2 is 1.90 bits per heavy atom. The second kappa shape index (κ2) is 13.4. The summed E-state index contributed by atoms with van der Waals surface area (Å²) in [7, 11) is 1.56. The van der Waals surface area contributed by atoms with Crippen molar-refractivity contribution in [1.82, 2.24) is 4.90 Å². The van der Waals surface area contributed by atoms with E-state index in [1.54, 1.807) is 56.0 Å². The fourth-order valence-corrected chi connectivity index (χ4v) is 5.67. The lowest BCUT2D eigenvalue weighted by molar-refractivity contribution is -0.122. The molecule has 1 aliphatic rings. The molecule has 0 saturated carbocycles. The van der Waals surface area contributed by atoms with E-state index in [9.17, 15) is 4.79 Å². The van der Waals surface area contributed by atoms with Crippen LogP contribution in [0, 0.1) is 0 Å². The van der Waals surface area contributed by atoms with Crippen LogP contribution in [0.3, 0.4) is 0 Å². The zero-order chi connectivity index (χ0) is 28.8. The molecule has 11 heteroatoms. The maximum atomic E-state index is 13.4. The second-order valence-corrected chi connectivity index (χ2v) is 11.5. The van der Waals surface area contributed by atoms with E-state index in [-0.39, 0.29) is 19.1 Å². The van der Waals surface area contributed by atoms with Crippen LogP contribution in [-0.2, 0) is 17.9 Å². The number of carbonyl (C=O) groups excluding carboxylic acids is 1. The van der Waals surface area contributed by atoms with Crippen LogP contribution in [0.2, 0.25) is 10.0 Å². The first-order valence-electron chi connectivity index (χ1n) is 12.2. The van der Waals surface area contributed by atoms with E-state index in [2.05, 4.69) is 26.1 Å². The molecule has 4 aromatic rings. The van der Waals surface area contributed by atoms with Gasteiger partial charge in [0.1, 0.15) is 12.4 Å². The number of hydrogen-bond acceptors (Lipinski definition) is 7. The van der Waals surface area contributed by atoms with Crippen LogP contribution in [0.5, 0.6) is 11.5 Å². The molecule has 5 rings (SSSR count). The summed E-state index contributed by atoms with van der Waals surface area (Å²) >= 11 is 16.9. The standard InChI is InChI=1S/C30H22BrCl2N3O4S/c1-38-27-13-19(7-10-26(27)40-18-21-8-9-23(32)15-25(21)33)14-28-29(37)36(17-24-6-3-11-39-24)30(41-28)35-34-16-20-4-2-5-22(31)12-20/h2-16H,17-18H2,1H3/b28-14-,34-16-,35-30+.